The number of fused-ring (bicyclic) bond motifs is 2. The first-order chi connectivity index (χ1) is 34.5. The number of nitriles is 1. The Bertz CT molecular complexity index is 4090. The molecule has 32 heteroatoms. The number of azo groups is 1. The Labute approximate surface area is 517 Å². The number of nitrogens with zero attached hydrogens (tertiary/aromatic N) is 9. The molecule has 79 heavy (non-hydrogen) atoms. The van der Waals surface area contributed by atoms with Crippen LogP contribution < -0.4 is 90.9 Å². The average molecular weight is 1160 g/mol. The van der Waals surface area contributed by atoms with Crippen LogP contribution in [0.1, 0.15) is 71.0 Å². The molecule has 0 radical (unpaired) electrons. The van der Waals surface area contributed by atoms with Crippen molar-refractivity contribution in [3.05, 3.63) is 112 Å². The van der Waals surface area contributed by atoms with Gasteiger partial charge in [0.1, 0.15) is 53.5 Å². The first-order valence-corrected chi connectivity index (χ1v) is 28.2. The molecule has 0 bridgehead atoms. The summed E-state index contributed by atoms with van der Waals surface area (Å²) in [6, 6.07) is 15.4. The summed E-state index contributed by atoms with van der Waals surface area (Å²) in [5, 5.41) is 42.5. The summed E-state index contributed by atoms with van der Waals surface area (Å²) in [5.74, 6) is -0.160. The molecule has 4 aromatic carbocycles. The number of hydrogen-bond acceptors (Lipinski definition) is 24. The molecule has 0 fully saturated rings. The largest absolute Gasteiger partial charge is 1.00 e. The second-order valence-electron chi connectivity index (χ2n) is 18.0. The number of aryl methyl sites for hydroxylation is 5. The Balaban J connectivity index is 0.00000328. The van der Waals surface area contributed by atoms with Gasteiger partial charge in [-0.1, -0.05) is 55.6 Å². The van der Waals surface area contributed by atoms with Crippen molar-refractivity contribution in [3.8, 4) is 11.2 Å². The van der Waals surface area contributed by atoms with E-state index in [1.807, 2.05) is 20.8 Å². The second-order valence-corrected chi connectivity index (χ2v) is 24.8. The summed E-state index contributed by atoms with van der Waals surface area (Å²) in [4.78, 5) is 15.0. The van der Waals surface area contributed by atoms with Gasteiger partial charge in [0.2, 0.25) is 5.13 Å². The smallest absolute Gasteiger partial charge is 0.744 e. The van der Waals surface area contributed by atoms with Gasteiger partial charge >= 0.3 is 75.4 Å². The van der Waals surface area contributed by atoms with Crippen LogP contribution in [0.4, 0.5) is 39.6 Å². The van der Waals surface area contributed by atoms with E-state index in [1.165, 1.54) is 66.8 Å². The molecule has 0 saturated heterocycles. The predicted octanol–water partition coefficient (Wildman–Crippen LogP) is -2.15. The van der Waals surface area contributed by atoms with Crippen LogP contribution in [0.15, 0.2) is 84.4 Å². The van der Waals surface area contributed by atoms with E-state index in [0.29, 0.717) is 49.5 Å². The molecule has 0 aliphatic rings. The molecule has 22 nitrogen and oxygen atoms in total. The number of thiazole rings is 2. The zero-order valence-corrected chi connectivity index (χ0v) is 50.5. The van der Waals surface area contributed by atoms with Crippen LogP contribution in [0.5, 0.6) is 0 Å². The summed E-state index contributed by atoms with van der Waals surface area (Å²) in [7, 11) is -15.1. The van der Waals surface area contributed by atoms with Gasteiger partial charge in [-0.15, -0.1) is 10.2 Å². The maximum absolute atomic E-state index is 12.9. The van der Waals surface area contributed by atoms with Crippen molar-refractivity contribution >= 4 is 125 Å². The molecule has 0 atom stereocenters. The summed E-state index contributed by atoms with van der Waals surface area (Å²) in [6.07, 6.45) is 0. The summed E-state index contributed by atoms with van der Waals surface area (Å²) in [5.41, 5.74) is 2.38. The van der Waals surface area contributed by atoms with Crippen LogP contribution in [0.25, 0.3) is 25.6 Å². The van der Waals surface area contributed by atoms with Gasteiger partial charge < -0.3 is 31.7 Å². The molecular formula is C47H43Li4N10O12S6-. The fourth-order valence-electron chi connectivity index (χ4n) is 8.63. The van der Waals surface area contributed by atoms with E-state index >= 15 is 0 Å². The second kappa shape index (κ2) is 26.1. The molecule has 0 spiro atoms. The van der Waals surface area contributed by atoms with E-state index in [2.05, 4.69) is 25.9 Å². The first-order valence-electron chi connectivity index (χ1n) is 21.6. The third-order valence-electron chi connectivity index (χ3n) is 11.6. The SMILES string of the molecule is Cc1cc(N(c2nc3ccc(S(=O)(=O)[O-])cc3s2)c2c(C)cc(C)c(S(=O)(=O)[O-])c2C)nc(Nc2c(C)cc(C)c(S(=O)(=O)[O-])c2C)c1N=Nc1c(C#N)c(C(C)(C)C)nn1-c1nc2ccc(SOO[O-])cc2s1.[CH3-].[Li+].[Li+].[Li+].[Li+]. The number of aromatic nitrogens is 5. The number of benzene rings is 4. The molecule has 0 saturated carbocycles. The molecule has 394 valence electrons. The van der Waals surface area contributed by atoms with Gasteiger partial charge in [0.25, 0.3) is 0 Å². The Kier molecular flexibility index (Phi) is 22.9. The maximum atomic E-state index is 12.9. The van der Waals surface area contributed by atoms with Gasteiger partial charge in [0.05, 0.1) is 58.5 Å². The normalized spacial score (nSPS) is 11.8. The zero-order valence-electron chi connectivity index (χ0n) is 45.6. The van der Waals surface area contributed by atoms with Gasteiger partial charge in [-0.3, -0.25) is 9.94 Å². The number of hydrogen-bond donors (Lipinski definition) is 1. The first kappa shape index (κ1) is 69.3. The fourth-order valence-corrected chi connectivity index (χ4v) is 13.5. The minimum atomic E-state index is -5.11. The van der Waals surface area contributed by atoms with Crippen LogP contribution in [0, 0.1) is 67.2 Å². The summed E-state index contributed by atoms with van der Waals surface area (Å²) >= 11 is 2.79. The van der Waals surface area contributed by atoms with Gasteiger partial charge in [0, 0.05) is 16.0 Å². The van der Waals surface area contributed by atoms with Gasteiger partial charge in [0.15, 0.2) is 16.8 Å². The fraction of sp³-hybridized carbons (Fsp3) is 0.234. The molecule has 8 rings (SSSR count). The van der Waals surface area contributed by atoms with Crippen LogP contribution in [0.3, 0.4) is 0 Å². The minimum absolute atomic E-state index is 0. The predicted molar refractivity (Wildman–Crippen MR) is 278 cm³/mol. The third kappa shape index (κ3) is 14.1. The summed E-state index contributed by atoms with van der Waals surface area (Å²) < 4.78 is 120. The molecular weight excluding hydrogens is 1120 g/mol. The van der Waals surface area contributed by atoms with Crippen molar-refractivity contribution in [2.75, 3.05) is 10.2 Å². The van der Waals surface area contributed by atoms with E-state index in [0.717, 1.165) is 23.5 Å². The van der Waals surface area contributed by atoms with E-state index in [9.17, 15) is 49.4 Å². The Morgan fingerprint density at radius 2 is 1.30 bits per heavy atom. The molecule has 4 aromatic heterocycles. The molecule has 0 amide bonds. The number of nitrogens with one attached hydrogen (secondary N) is 1. The topological polar surface area (TPSA) is 333 Å². The van der Waals surface area contributed by atoms with E-state index in [4.69, 9.17) is 25.2 Å². The molecule has 4 heterocycles. The van der Waals surface area contributed by atoms with E-state index in [-0.39, 0.29) is 166 Å². The van der Waals surface area contributed by atoms with Crippen LogP contribution in [-0.4, -0.2) is 63.6 Å². The van der Waals surface area contributed by atoms with Crippen molar-refractivity contribution in [2.45, 2.75) is 94.2 Å². The molecule has 0 aliphatic carbocycles. The zero-order chi connectivity index (χ0) is 54.1. The van der Waals surface area contributed by atoms with Crippen LogP contribution >= 0.6 is 34.7 Å². The van der Waals surface area contributed by atoms with Gasteiger partial charge in [-0.05, 0) is 130 Å². The molecule has 0 unspecified atom stereocenters. The van der Waals surface area contributed by atoms with Gasteiger partial charge in [-0.25, -0.2) is 40.2 Å². The Hall–Kier alpha value is -3.94. The quantitative estimate of drug-likeness (QED) is 0.0231. The van der Waals surface area contributed by atoms with Crippen molar-refractivity contribution in [1.29, 1.82) is 5.26 Å². The number of anilines is 5. The molecule has 1 N–H and O–H groups in total. The van der Waals surface area contributed by atoms with Crippen LogP contribution in [0.2, 0.25) is 0 Å². The van der Waals surface area contributed by atoms with Crippen molar-refractivity contribution in [2.24, 2.45) is 10.2 Å². The number of pyridine rings is 1. The molecule has 8 aromatic rings. The Morgan fingerprint density at radius 3 is 1.89 bits per heavy atom. The van der Waals surface area contributed by atoms with Crippen LogP contribution in [-0.2, 0) is 45.1 Å². The average Bonchev–Trinajstić information content (AvgIpc) is 4.01. The standard InChI is InChI=1S/C46H44N10O12S6.CH3.4Li/c1-21-15-24(4)39(73(61,62)63)26(6)36(21)51-42-37(52-53-43-30(20-47)41(46(8,9)10)54-56(43)45-49-31-13-11-28(71-68-67-57)18-33(31)70-45)22(2)17-35(50-42)55(38-23(3)16-25(5)40(27(38)7)74(64,65)66)44-48-32-14-12-29(72(58,59)60)19-34(32)69-44;;;;;/h11-19,57H,1-10H3,(H,50,51)(H,58,59,60)(H,61,62,63)(H,64,65,66);1H3;;;;/q;-1;4*+1/p-4. The maximum Gasteiger partial charge on any atom is 1.00 e. The van der Waals surface area contributed by atoms with Gasteiger partial charge in [-0.2, -0.15) is 19.4 Å². The molecule has 0 aliphatic heterocycles. The minimum Gasteiger partial charge on any atom is -0.744 e. The Morgan fingerprint density at radius 1 is 0.722 bits per heavy atom. The van der Waals surface area contributed by atoms with E-state index in [1.54, 1.807) is 45.0 Å². The van der Waals surface area contributed by atoms with Crippen molar-refractivity contribution in [3.63, 3.8) is 0 Å². The third-order valence-corrected chi connectivity index (χ3v) is 17.2. The van der Waals surface area contributed by atoms with Crippen molar-refractivity contribution in [1.82, 2.24) is 24.7 Å². The number of rotatable bonds is 14. The van der Waals surface area contributed by atoms with Crippen molar-refractivity contribution < 1.29 is 129 Å². The monoisotopic (exact) mass is 1160 g/mol. The van der Waals surface area contributed by atoms with E-state index < -0.39 is 50.5 Å². The summed E-state index contributed by atoms with van der Waals surface area (Å²) in [6.45, 7) is 16.4.